The molecule has 0 unspecified atom stereocenters. The third-order valence-corrected chi connectivity index (χ3v) is 2.42. The summed E-state index contributed by atoms with van der Waals surface area (Å²) < 4.78 is 4.79. The van der Waals surface area contributed by atoms with Crippen LogP contribution in [0.4, 0.5) is 0 Å². The van der Waals surface area contributed by atoms with Crippen LogP contribution in [0.1, 0.15) is 53.9 Å². The fraction of sp³-hybridized carbons (Fsp3) is 0.600. The highest BCUT2D eigenvalue weighted by Gasteiger charge is 2.13. The summed E-state index contributed by atoms with van der Waals surface area (Å²) in [6, 6.07) is 0. The van der Waals surface area contributed by atoms with Crippen LogP contribution >= 0.6 is 0 Å². The summed E-state index contributed by atoms with van der Waals surface area (Å²) in [5.74, 6) is -0.849. The molecule has 0 saturated carbocycles. The predicted octanol–water partition coefficient (Wildman–Crippen LogP) is 3.80. The fourth-order valence-electron chi connectivity index (χ4n) is 1.42. The topological polar surface area (TPSA) is 43.4 Å². The van der Waals surface area contributed by atoms with Gasteiger partial charge in [-0.25, -0.2) is 9.59 Å². The first-order chi connectivity index (χ1) is 8.38. The second-order valence-corrected chi connectivity index (χ2v) is 4.80. The molecule has 0 saturated heterocycles. The number of hydrogen-bond acceptors (Lipinski definition) is 3. The van der Waals surface area contributed by atoms with Crippen molar-refractivity contribution in [3.63, 3.8) is 0 Å². The van der Waals surface area contributed by atoms with Gasteiger partial charge in [0.05, 0.1) is 0 Å². The van der Waals surface area contributed by atoms with E-state index in [0.29, 0.717) is 11.1 Å². The van der Waals surface area contributed by atoms with Gasteiger partial charge in [0.25, 0.3) is 0 Å². The van der Waals surface area contributed by atoms with E-state index in [1.165, 1.54) is 0 Å². The van der Waals surface area contributed by atoms with Crippen LogP contribution < -0.4 is 0 Å². The van der Waals surface area contributed by atoms with Gasteiger partial charge in [0, 0.05) is 11.1 Å². The van der Waals surface area contributed by atoms with Crippen LogP contribution in [-0.4, -0.2) is 11.9 Å². The van der Waals surface area contributed by atoms with Crippen molar-refractivity contribution in [1.29, 1.82) is 0 Å². The molecule has 0 heterocycles. The highest BCUT2D eigenvalue weighted by Crippen LogP contribution is 2.07. The molecule has 0 radical (unpaired) electrons. The zero-order valence-corrected chi connectivity index (χ0v) is 12.1. The molecule has 3 nitrogen and oxygen atoms in total. The Morgan fingerprint density at radius 3 is 2.17 bits per heavy atom. The lowest BCUT2D eigenvalue weighted by Crippen LogP contribution is -2.14. The van der Waals surface area contributed by atoms with Gasteiger partial charge < -0.3 is 4.74 Å². The van der Waals surface area contributed by atoms with Crippen molar-refractivity contribution in [3.05, 3.63) is 23.3 Å². The van der Waals surface area contributed by atoms with Crippen LogP contribution in [0, 0.1) is 5.92 Å². The molecule has 0 atom stereocenters. The van der Waals surface area contributed by atoms with E-state index in [1.54, 1.807) is 19.9 Å². The average Bonchev–Trinajstić information content (AvgIpc) is 2.28. The van der Waals surface area contributed by atoms with Crippen LogP contribution in [0.2, 0.25) is 0 Å². The first kappa shape index (κ1) is 16.6. The summed E-state index contributed by atoms with van der Waals surface area (Å²) in [7, 11) is 0. The Morgan fingerprint density at radius 2 is 1.67 bits per heavy atom. The van der Waals surface area contributed by atoms with Gasteiger partial charge in [0.2, 0.25) is 0 Å². The molecular weight excluding hydrogens is 228 g/mol. The van der Waals surface area contributed by atoms with Crippen molar-refractivity contribution in [2.45, 2.75) is 53.9 Å². The van der Waals surface area contributed by atoms with Crippen LogP contribution in [0.25, 0.3) is 0 Å². The highest BCUT2D eigenvalue weighted by molar-refractivity contribution is 6.01. The lowest BCUT2D eigenvalue weighted by atomic mass is 10.1. The van der Waals surface area contributed by atoms with E-state index in [4.69, 9.17) is 4.74 Å². The first-order valence-electron chi connectivity index (χ1n) is 6.50. The summed E-state index contributed by atoms with van der Waals surface area (Å²) in [5, 5.41) is 0. The zero-order valence-electron chi connectivity index (χ0n) is 12.1. The molecule has 0 aliphatic carbocycles. The largest absolute Gasteiger partial charge is 0.386 e. The minimum atomic E-state index is -0.558. The summed E-state index contributed by atoms with van der Waals surface area (Å²) in [6.45, 7) is 9.35. The van der Waals surface area contributed by atoms with E-state index in [-0.39, 0.29) is 5.92 Å². The molecular formula is C15H24O3. The van der Waals surface area contributed by atoms with Gasteiger partial charge >= 0.3 is 11.9 Å². The Kier molecular flexibility index (Phi) is 8.01. The van der Waals surface area contributed by atoms with Crippen molar-refractivity contribution in [3.8, 4) is 0 Å². The van der Waals surface area contributed by atoms with Gasteiger partial charge in [-0.15, -0.1) is 0 Å². The highest BCUT2D eigenvalue weighted by atomic mass is 16.6. The summed E-state index contributed by atoms with van der Waals surface area (Å²) in [4.78, 5) is 23.2. The molecule has 0 rings (SSSR count). The third kappa shape index (κ3) is 7.05. The van der Waals surface area contributed by atoms with Crippen LogP contribution in [0.3, 0.4) is 0 Å². The molecule has 3 heteroatoms. The van der Waals surface area contributed by atoms with Crippen molar-refractivity contribution < 1.29 is 14.3 Å². The normalized spacial score (nSPS) is 12.8. The number of allylic oxidation sites excluding steroid dienone is 2. The Labute approximate surface area is 110 Å². The zero-order chi connectivity index (χ0) is 14.1. The second-order valence-electron chi connectivity index (χ2n) is 4.80. The molecule has 0 aromatic heterocycles. The third-order valence-electron chi connectivity index (χ3n) is 2.42. The Hall–Kier alpha value is -1.38. The minimum absolute atomic E-state index is 0.258. The number of rotatable bonds is 6. The molecule has 0 aromatic carbocycles. The summed E-state index contributed by atoms with van der Waals surface area (Å²) in [6.07, 6.45) is 6.55. The quantitative estimate of drug-likeness (QED) is 0.312. The molecule has 0 spiro atoms. The van der Waals surface area contributed by atoms with Crippen LogP contribution in [0.15, 0.2) is 23.3 Å². The van der Waals surface area contributed by atoms with Crippen molar-refractivity contribution in [1.82, 2.24) is 0 Å². The lowest BCUT2D eigenvalue weighted by Gasteiger charge is -2.04. The molecule has 0 aliphatic heterocycles. The summed E-state index contributed by atoms with van der Waals surface area (Å²) in [5.41, 5.74) is 0.967. The molecule has 102 valence electrons. The van der Waals surface area contributed by atoms with Gasteiger partial charge in [-0.3, -0.25) is 0 Å². The number of unbranched alkanes of at least 4 members (excludes halogenated alkanes) is 2. The number of hydrogen-bond donors (Lipinski definition) is 0. The van der Waals surface area contributed by atoms with Crippen LogP contribution in [-0.2, 0) is 14.3 Å². The van der Waals surface area contributed by atoms with Gasteiger partial charge in [0.15, 0.2) is 0 Å². The number of carbonyl (C=O) groups is 2. The Bertz CT molecular complexity index is 349. The van der Waals surface area contributed by atoms with Crippen molar-refractivity contribution in [2.24, 2.45) is 5.92 Å². The van der Waals surface area contributed by atoms with Crippen molar-refractivity contribution in [2.75, 3.05) is 0 Å². The Balaban J connectivity index is 4.39. The summed E-state index contributed by atoms with van der Waals surface area (Å²) >= 11 is 0. The van der Waals surface area contributed by atoms with Crippen molar-refractivity contribution >= 4 is 11.9 Å². The van der Waals surface area contributed by atoms with E-state index >= 15 is 0 Å². The van der Waals surface area contributed by atoms with Crippen LogP contribution in [0.5, 0.6) is 0 Å². The van der Waals surface area contributed by atoms with E-state index in [9.17, 15) is 9.59 Å². The van der Waals surface area contributed by atoms with E-state index < -0.39 is 11.9 Å². The number of ether oxygens (including phenoxy) is 1. The monoisotopic (exact) mass is 252 g/mol. The Morgan fingerprint density at radius 1 is 1.11 bits per heavy atom. The van der Waals surface area contributed by atoms with Gasteiger partial charge in [-0.2, -0.15) is 0 Å². The minimum Gasteiger partial charge on any atom is -0.386 e. The van der Waals surface area contributed by atoms with E-state index in [2.05, 4.69) is 6.92 Å². The molecule has 0 N–H and O–H groups in total. The maximum Gasteiger partial charge on any atom is 0.341 e. The number of esters is 2. The molecule has 0 aliphatic rings. The predicted molar refractivity (Wildman–Crippen MR) is 73.0 cm³/mol. The average molecular weight is 252 g/mol. The number of carbonyl (C=O) groups excluding carboxylic acids is 2. The molecule has 0 bridgehead atoms. The molecule has 18 heavy (non-hydrogen) atoms. The molecule has 0 amide bonds. The SMILES string of the molecule is CCCCC=C(C)C(=O)OC(=O)C(C)=CC(C)C. The van der Waals surface area contributed by atoms with E-state index in [0.717, 1.165) is 19.3 Å². The maximum atomic E-state index is 11.6. The standard InChI is InChI=1S/C15H24O3/c1-6-7-8-9-12(4)14(16)18-15(17)13(5)10-11(2)3/h9-11H,6-8H2,1-5H3. The maximum absolute atomic E-state index is 11.6. The second kappa shape index (κ2) is 8.67. The lowest BCUT2D eigenvalue weighted by molar-refractivity contribution is -0.154. The first-order valence-corrected chi connectivity index (χ1v) is 6.50. The van der Waals surface area contributed by atoms with Gasteiger partial charge in [0.1, 0.15) is 0 Å². The van der Waals surface area contributed by atoms with Gasteiger partial charge in [-0.1, -0.05) is 45.8 Å². The molecule has 0 fully saturated rings. The fourth-order valence-corrected chi connectivity index (χ4v) is 1.42. The molecule has 0 aromatic rings. The smallest absolute Gasteiger partial charge is 0.341 e. The van der Waals surface area contributed by atoms with E-state index in [1.807, 2.05) is 19.9 Å². The van der Waals surface area contributed by atoms with Gasteiger partial charge in [-0.05, 0) is 26.2 Å².